The van der Waals surface area contributed by atoms with E-state index in [1.165, 1.54) is 18.4 Å². The van der Waals surface area contributed by atoms with Crippen molar-refractivity contribution in [2.75, 3.05) is 19.0 Å². The van der Waals surface area contributed by atoms with Gasteiger partial charge in [0.05, 0.1) is 19.2 Å². The molecule has 2 N–H and O–H groups in total. The van der Waals surface area contributed by atoms with E-state index in [9.17, 15) is 19.5 Å². The lowest BCUT2D eigenvalue weighted by atomic mass is 10.0. The molecule has 4 rings (SSSR count). The molecule has 0 saturated heterocycles. The van der Waals surface area contributed by atoms with Crippen molar-refractivity contribution in [3.63, 3.8) is 0 Å². The zero-order chi connectivity index (χ0) is 22.8. The summed E-state index contributed by atoms with van der Waals surface area (Å²) in [5, 5.41) is 13.3. The number of amides is 2. The van der Waals surface area contributed by atoms with Gasteiger partial charge in [0.15, 0.2) is 0 Å². The number of hydrogen-bond acceptors (Lipinski definition) is 5. The Kier molecular flexibility index (Phi) is 6.16. The van der Waals surface area contributed by atoms with Gasteiger partial charge < -0.3 is 20.1 Å². The summed E-state index contributed by atoms with van der Waals surface area (Å²) >= 11 is 7.08. The van der Waals surface area contributed by atoms with Gasteiger partial charge in [-0.25, -0.2) is 4.79 Å². The van der Waals surface area contributed by atoms with Crippen LogP contribution >= 0.6 is 22.9 Å². The molecule has 9 heteroatoms. The molecule has 0 aliphatic carbocycles. The summed E-state index contributed by atoms with van der Waals surface area (Å²) in [6, 6.07) is 13.2. The molecule has 0 unspecified atom stereocenters. The predicted molar refractivity (Wildman–Crippen MR) is 122 cm³/mol. The lowest BCUT2D eigenvalue weighted by Crippen LogP contribution is -2.35. The van der Waals surface area contributed by atoms with Crippen LogP contribution in [0.4, 0.5) is 5.00 Å². The monoisotopic (exact) mass is 470 g/mol. The maximum atomic E-state index is 12.9. The highest BCUT2D eigenvalue weighted by Gasteiger charge is 2.30. The van der Waals surface area contributed by atoms with Crippen LogP contribution in [0.3, 0.4) is 0 Å². The third kappa shape index (κ3) is 4.32. The van der Waals surface area contributed by atoms with E-state index in [4.69, 9.17) is 16.3 Å². The fourth-order valence-corrected chi connectivity index (χ4v) is 4.98. The Morgan fingerprint density at radius 1 is 1.12 bits per heavy atom. The Morgan fingerprint density at radius 3 is 2.56 bits per heavy atom. The maximum Gasteiger partial charge on any atom is 0.339 e. The topological polar surface area (TPSA) is 95.9 Å². The molecule has 2 amide bonds. The first-order chi connectivity index (χ1) is 15.4. The number of methoxy groups -OCH3 is 1. The lowest BCUT2D eigenvalue weighted by Gasteiger charge is -2.27. The summed E-state index contributed by atoms with van der Waals surface area (Å²) in [4.78, 5) is 40.0. The Hall–Kier alpha value is -3.36. The second-order valence-corrected chi connectivity index (χ2v) is 8.72. The number of benzene rings is 2. The quantitative estimate of drug-likeness (QED) is 0.570. The highest BCUT2D eigenvalue weighted by molar-refractivity contribution is 7.17. The zero-order valence-corrected chi connectivity index (χ0v) is 18.6. The maximum absolute atomic E-state index is 12.9. The van der Waals surface area contributed by atoms with Crippen molar-refractivity contribution < 1.29 is 24.2 Å². The van der Waals surface area contributed by atoms with Crippen LogP contribution in [-0.4, -0.2) is 41.4 Å². The molecular weight excluding hydrogens is 452 g/mol. The number of fused-ring (bicyclic) bond motifs is 1. The zero-order valence-electron chi connectivity index (χ0n) is 17.1. The Labute approximate surface area is 193 Å². The number of carbonyl (C=O) groups is 3. The van der Waals surface area contributed by atoms with Crippen molar-refractivity contribution in [1.29, 1.82) is 0 Å². The number of carboxylic acid groups (broad SMARTS) is 1. The summed E-state index contributed by atoms with van der Waals surface area (Å²) in [5.41, 5.74) is 1.61. The highest BCUT2D eigenvalue weighted by Crippen LogP contribution is 2.38. The van der Waals surface area contributed by atoms with E-state index < -0.39 is 11.9 Å². The standard InChI is InChI=1S/C23H19ClN2O5S/c1-31-16-4-2-3-14(11-16)20(27)25-21-19(23(29)30)17-9-10-26(12-18(17)32-21)22(28)13-5-7-15(24)8-6-13/h2-8,11H,9-10,12H2,1H3,(H,25,27)(H,29,30). The van der Waals surface area contributed by atoms with Gasteiger partial charge in [-0.3, -0.25) is 9.59 Å². The molecule has 164 valence electrons. The predicted octanol–water partition coefficient (Wildman–Crippen LogP) is 4.56. The van der Waals surface area contributed by atoms with Gasteiger partial charge in [0.2, 0.25) is 0 Å². The number of anilines is 1. The van der Waals surface area contributed by atoms with Crippen molar-refractivity contribution in [2.24, 2.45) is 0 Å². The van der Waals surface area contributed by atoms with Crippen molar-refractivity contribution in [1.82, 2.24) is 4.90 Å². The van der Waals surface area contributed by atoms with Gasteiger partial charge in [0, 0.05) is 27.6 Å². The number of nitrogens with one attached hydrogen (secondary N) is 1. The molecule has 2 aromatic carbocycles. The van der Waals surface area contributed by atoms with Crippen molar-refractivity contribution >= 4 is 45.7 Å². The molecule has 3 aromatic rings. The molecule has 0 fully saturated rings. The van der Waals surface area contributed by atoms with Crippen LogP contribution in [0.2, 0.25) is 5.02 Å². The smallest absolute Gasteiger partial charge is 0.339 e. The van der Waals surface area contributed by atoms with Gasteiger partial charge in [-0.2, -0.15) is 0 Å². The van der Waals surface area contributed by atoms with Crippen LogP contribution in [0, 0.1) is 0 Å². The minimum Gasteiger partial charge on any atom is -0.497 e. The molecule has 1 aromatic heterocycles. The largest absolute Gasteiger partial charge is 0.497 e. The van der Waals surface area contributed by atoms with Crippen LogP contribution in [0.1, 0.15) is 41.5 Å². The fourth-order valence-electron chi connectivity index (χ4n) is 3.61. The third-order valence-electron chi connectivity index (χ3n) is 5.21. The average Bonchev–Trinajstić information content (AvgIpc) is 3.16. The second-order valence-electron chi connectivity index (χ2n) is 7.18. The lowest BCUT2D eigenvalue weighted by molar-refractivity contribution is 0.0696. The number of ether oxygens (including phenoxy) is 1. The third-order valence-corrected chi connectivity index (χ3v) is 6.59. The molecule has 0 radical (unpaired) electrons. The first-order valence-corrected chi connectivity index (χ1v) is 10.9. The Bertz CT molecular complexity index is 1210. The summed E-state index contributed by atoms with van der Waals surface area (Å²) in [6.45, 7) is 0.658. The fraction of sp³-hybridized carbons (Fsp3) is 0.174. The number of thiophene rings is 1. The van der Waals surface area contributed by atoms with E-state index in [0.29, 0.717) is 40.4 Å². The molecule has 0 bridgehead atoms. The second kappa shape index (κ2) is 9.02. The van der Waals surface area contributed by atoms with Gasteiger partial charge in [-0.1, -0.05) is 17.7 Å². The Morgan fingerprint density at radius 2 is 1.88 bits per heavy atom. The highest BCUT2D eigenvalue weighted by atomic mass is 35.5. The van der Waals surface area contributed by atoms with Crippen molar-refractivity contribution in [3.8, 4) is 5.75 Å². The van der Waals surface area contributed by atoms with Gasteiger partial charge in [0.25, 0.3) is 11.8 Å². The van der Waals surface area contributed by atoms with E-state index in [2.05, 4.69) is 5.32 Å². The summed E-state index contributed by atoms with van der Waals surface area (Å²) in [5.74, 6) is -1.17. The van der Waals surface area contributed by atoms with Crippen molar-refractivity contribution in [3.05, 3.63) is 80.7 Å². The van der Waals surface area contributed by atoms with Crippen LogP contribution in [0.5, 0.6) is 5.75 Å². The molecule has 1 aliphatic heterocycles. The summed E-state index contributed by atoms with van der Waals surface area (Å²) < 4.78 is 5.14. The average molecular weight is 471 g/mol. The van der Waals surface area contributed by atoms with Crippen LogP contribution in [-0.2, 0) is 13.0 Å². The molecule has 2 heterocycles. The summed E-state index contributed by atoms with van der Waals surface area (Å²) in [6.07, 6.45) is 0.391. The van der Waals surface area contributed by atoms with E-state index in [1.54, 1.807) is 53.4 Å². The first kappa shape index (κ1) is 21.9. The number of aromatic carboxylic acids is 1. The van der Waals surface area contributed by atoms with Crippen LogP contribution in [0.25, 0.3) is 0 Å². The molecule has 7 nitrogen and oxygen atoms in total. The van der Waals surface area contributed by atoms with E-state index in [1.807, 2.05) is 0 Å². The molecular formula is C23H19ClN2O5S. The number of rotatable bonds is 5. The van der Waals surface area contributed by atoms with Gasteiger partial charge in [-0.15, -0.1) is 11.3 Å². The molecule has 32 heavy (non-hydrogen) atoms. The van der Waals surface area contributed by atoms with Gasteiger partial charge in [-0.05, 0) is 54.4 Å². The normalized spacial score (nSPS) is 12.8. The number of carbonyl (C=O) groups excluding carboxylic acids is 2. The molecule has 0 saturated carbocycles. The SMILES string of the molecule is COc1cccc(C(=O)Nc2sc3c(c2C(=O)O)CCN(C(=O)c2ccc(Cl)cc2)C3)c1. The minimum atomic E-state index is -1.11. The van der Waals surface area contributed by atoms with Gasteiger partial charge in [0.1, 0.15) is 10.8 Å². The molecule has 0 spiro atoms. The minimum absolute atomic E-state index is 0.0832. The summed E-state index contributed by atoms with van der Waals surface area (Å²) in [7, 11) is 1.50. The van der Waals surface area contributed by atoms with E-state index in [-0.39, 0.29) is 23.0 Å². The number of nitrogens with zero attached hydrogens (tertiary/aromatic N) is 1. The van der Waals surface area contributed by atoms with Crippen LogP contribution < -0.4 is 10.1 Å². The van der Waals surface area contributed by atoms with Gasteiger partial charge >= 0.3 is 5.97 Å². The van der Waals surface area contributed by atoms with Crippen molar-refractivity contribution in [2.45, 2.75) is 13.0 Å². The van der Waals surface area contributed by atoms with Crippen LogP contribution in [0.15, 0.2) is 48.5 Å². The number of halogens is 1. The van der Waals surface area contributed by atoms with E-state index >= 15 is 0 Å². The Balaban J connectivity index is 1.59. The first-order valence-electron chi connectivity index (χ1n) is 9.75. The number of carboxylic acids is 1. The molecule has 1 aliphatic rings. The number of hydrogen-bond donors (Lipinski definition) is 2. The van der Waals surface area contributed by atoms with E-state index in [0.717, 1.165) is 4.88 Å². The molecule has 0 atom stereocenters.